The van der Waals surface area contributed by atoms with Crippen LogP contribution in [0.3, 0.4) is 0 Å². The molecule has 0 aromatic heterocycles. The number of nitro benzene ring substituents is 1. The standard InChI is InChI=1S/C10H8F2N2O4/c11-6-1-2-7(14(16)17)9(12)8(6)10(15)13-5-3-18-4-5/h1-2,5H,3-4H2,(H,13,15). The predicted octanol–water partition coefficient (Wildman–Crippen LogP) is 1.00. The monoisotopic (exact) mass is 258 g/mol. The zero-order valence-electron chi connectivity index (χ0n) is 8.98. The fraction of sp³-hybridized carbons (Fsp3) is 0.300. The van der Waals surface area contributed by atoms with E-state index in [1.165, 1.54) is 0 Å². The summed E-state index contributed by atoms with van der Waals surface area (Å²) in [4.78, 5) is 21.1. The van der Waals surface area contributed by atoms with Crippen LogP contribution in [-0.4, -0.2) is 30.1 Å². The van der Waals surface area contributed by atoms with Gasteiger partial charge in [-0.15, -0.1) is 0 Å². The van der Waals surface area contributed by atoms with Gasteiger partial charge in [0.2, 0.25) is 5.82 Å². The largest absolute Gasteiger partial charge is 0.377 e. The number of carbonyl (C=O) groups is 1. The topological polar surface area (TPSA) is 81.5 Å². The number of halogens is 2. The molecule has 18 heavy (non-hydrogen) atoms. The molecule has 0 radical (unpaired) electrons. The number of nitrogens with zero attached hydrogens (tertiary/aromatic N) is 1. The molecule has 0 atom stereocenters. The minimum Gasteiger partial charge on any atom is -0.377 e. The van der Waals surface area contributed by atoms with Crippen LogP contribution in [0.15, 0.2) is 12.1 Å². The molecule has 96 valence electrons. The highest BCUT2D eigenvalue weighted by atomic mass is 19.1. The first-order valence-electron chi connectivity index (χ1n) is 5.01. The summed E-state index contributed by atoms with van der Waals surface area (Å²) in [5.74, 6) is -3.64. The van der Waals surface area contributed by atoms with Gasteiger partial charge in [0.15, 0.2) is 0 Å². The number of amides is 1. The number of hydrogen-bond acceptors (Lipinski definition) is 4. The number of nitro groups is 1. The average molecular weight is 258 g/mol. The van der Waals surface area contributed by atoms with E-state index in [1.54, 1.807) is 0 Å². The highest BCUT2D eigenvalue weighted by molar-refractivity contribution is 5.95. The van der Waals surface area contributed by atoms with Gasteiger partial charge in [0.25, 0.3) is 5.91 Å². The van der Waals surface area contributed by atoms with Gasteiger partial charge in [-0.1, -0.05) is 0 Å². The smallest absolute Gasteiger partial charge is 0.305 e. The molecule has 1 aromatic carbocycles. The quantitative estimate of drug-likeness (QED) is 0.647. The van der Waals surface area contributed by atoms with E-state index in [0.717, 1.165) is 0 Å². The predicted molar refractivity (Wildman–Crippen MR) is 55.1 cm³/mol. The molecular formula is C10H8F2N2O4. The lowest BCUT2D eigenvalue weighted by atomic mass is 10.1. The molecule has 8 heteroatoms. The summed E-state index contributed by atoms with van der Waals surface area (Å²) < 4.78 is 31.8. The Kier molecular flexibility index (Phi) is 3.19. The van der Waals surface area contributed by atoms with Crippen LogP contribution >= 0.6 is 0 Å². The van der Waals surface area contributed by atoms with Crippen molar-refractivity contribution >= 4 is 11.6 Å². The van der Waals surface area contributed by atoms with Crippen molar-refractivity contribution in [2.24, 2.45) is 0 Å². The zero-order valence-corrected chi connectivity index (χ0v) is 8.98. The first-order chi connectivity index (χ1) is 8.50. The van der Waals surface area contributed by atoms with E-state index in [-0.39, 0.29) is 19.3 Å². The van der Waals surface area contributed by atoms with Crippen LogP contribution in [0.5, 0.6) is 0 Å². The van der Waals surface area contributed by atoms with Crippen LogP contribution in [-0.2, 0) is 4.74 Å². The van der Waals surface area contributed by atoms with E-state index in [0.29, 0.717) is 12.1 Å². The highest BCUT2D eigenvalue weighted by Gasteiger charge is 2.29. The Morgan fingerprint density at radius 2 is 2.11 bits per heavy atom. The fourth-order valence-corrected chi connectivity index (χ4v) is 1.47. The van der Waals surface area contributed by atoms with Gasteiger partial charge in [0, 0.05) is 6.07 Å². The molecule has 0 aliphatic carbocycles. The summed E-state index contributed by atoms with van der Waals surface area (Å²) in [6.07, 6.45) is 0. The number of carbonyl (C=O) groups excluding carboxylic acids is 1. The second-order valence-electron chi connectivity index (χ2n) is 3.72. The van der Waals surface area contributed by atoms with Gasteiger partial charge in [-0.25, -0.2) is 4.39 Å². The molecule has 1 amide bonds. The van der Waals surface area contributed by atoms with Crippen molar-refractivity contribution in [2.45, 2.75) is 6.04 Å². The molecule has 1 aliphatic heterocycles. The normalized spacial score (nSPS) is 15.0. The molecule has 6 nitrogen and oxygen atoms in total. The van der Waals surface area contributed by atoms with Gasteiger partial charge < -0.3 is 10.1 Å². The van der Waals surface area contributed by atoms with Gasteiger partial charge in [-0.05, 0) is 6.07 Å². The van der Waals surface area contributed by atoms with Crippen molar-refractivity contribution in [3.63, 3.8) is 0 Å². The molecule has 1 aliphatic rings. The minimum absolute atomic E-state index is 0.254. The number of rotatable bonds is 3. The maximum absolute atomic E-state index is 13.6. The van der Waals surface area contributed by atoms with E-state index in [4.69, 9.17) is 4.74 Å². The average Bonchev–Trinajstić information content (AvgIpc) is 2.23. The Morgan fingerprint density at radius 3 is 2.61 bits per heavy atom. The van der Waals surface area contributed by atoms with E-state index in [2.05, 4.69) is 5.32 Å². The molecule has 1 fully saturated rings. The summed E-state index contributed by atoms with van der Waals surface area (Å²) in [6, 6.07) is 1.04. The van der Waals surface area contributed by atoms with Crippen LogP contribution in [0.2, 0.25) is 0 Å². The molecular weight excluding hydrogens is 250 g/mol. The Labute approximate surface area is 99.7 Å². The Balaban J connectivity index is 2.32. The van der Waals surface area contributed by atoms with Crippen LogP contribution in [0, 0.1) is 21.7 Å². The third-order valence-corrected chi connectivity index (χ3v) is 2.47. The van der Waals surface area contributed by atoms with Crippen molar-refractivity contribution in [1.29, 1.82) is 0 Å². The SMILES string of the molecule is O=C(NC1COC1)c1c(F)ccc([N+](=O)[O-])c1F. The van der Waals surface area contributed by atoms with Crippen LogP contribution < -0.4 is 5.32 Å². The van der Waals surface area contributed by atoms with Crippen molar-refractivity contribution < 1.29 is 23.2 Å². The van der Waals surface area contributed by atoms with Crippen molar-refractivity contribution in [3.05, 3.63) is 39.4 Å². The molecule has 0 spiro atoms. The van der Waals surface area contributed by atoms with Crippen LogP contribution in [0.1, 0.15) is 10.4 Å². The number of hydrogen-bond donors (Lipinski definition) is 1. The fourth-order valence-electron chi connectivity index (χ4n) is 1.47. The molecule has 2 rings (SSSR count). The number of benzene rings is 1. The van der Waals surface area contributed by atoms with Gasteiger partial charge >= 0.3 is 5.69 Å². The Morgan fingerprint density at radius 1 is 1.44 bits per heavy atom. The Hall–Kier alpha value is -2.09. The first-order valence-corrected chi connectivity index (χ1v) is 5.01. The van der Waals surface area contributed by atoms with Crippen molar-refractivity contribution in [3.8, 4) is 0 Å². The maximum Gasteiger partial charge on any atom is 0.305 e. The molecule has 1 heterocycles. The van der Waals surface area contributed by atoms with Gasteiger partial charge in [-0.2, -0.15) is 4.39 Å². The summed E-state index contributed by atoms with van der Waals surface area (Å²) in [6.45, 7) is 0.508. The second-order valence-corrected chi connectivity index (χ2v) is 3.72. The van der Waals surface area contributed by atoms with Gasteiger partial charge in [-0.3, -0.25) is 14.9 Å². The third-order valence-electron chi connectivity index (χ3n) is 2.47. The van der Waals surface area contributed by atoms with Crippen LogP contribution in [0.25, 0.3) is 0 Å². The van der Waals surface area contributed by atoms with E-state index in [1.807, 2.05) is 0 Å². The molecule has 1 aromatic rings. The number of nitrogens with one attached hydrogen (secondary N) is 1. The lowest BCUT2D eigenvalue weighted by Gasteiger charge is -2.26. The minimum atomic E-state index is -1.47. The highest BCUT2D eigenvalue weighted by Crippen LogP contribution is 2.23. The summed E-state index contributed by atoms with van der Waals surface area (Å²) in [5.41, 5.74) is -1.89. The van der Waals surface area contributed by atoms with Crippen molar-refractivity contribution in [2.75, 3.05) is 13.2 Å². The van der Waals surface area contributed by atoms with E-state index < -0.39 is 33.7 Å². The lowest BCUT2D eigenvalue weighted by molar-refractivity contribution is -0.387. The third kappa shape index (κ3) is 2.14. The molecule has 0 unspecified atom stereocenters. The van der Waals surface area contributed by atoms with E-state index >= 15 is 0 Å². The number of ether oxygens (including phenoxy) is 1. The second kappa shape index (κ2) is 4.65. The summed E-state index contributed by atoms with van der Waals surface area (Å²) >= 11 is 0. The molecule has 0 bridgehead atoms. The molecule has 1 saturated heterocycles. The molecule has 0 saturated carbocycles. The lowest BCUT2D eigenvalue weighted by Crippen LogP contribution is -2.48. The van der Waals surface area contributed by atoms with Gasteiger partial charge in [0.1, 0.15) is 11.4 Å². The summed E-state index contributed by atoms with van der Waals surface area (Å²) in [7, 11) is 0. The van der Waals surface area contributed by atoms with Gasteiger partial charge in [0.05, 0.1) is 24.2 Å². The van der Waals surface area contributed by atoms with E-state index in [9.17, 15) is 23.7 Å². The zero-order chi connectivity index (χ0) is 13.3. The molecule has 1 N–H and O–H groups in total. The summed E-state index contributed by atoms with van der Waals surface area (Å²) in [5, 5.41) is 12.8. The van der Waals surface area contributed by atoms with Crippen molar-refractivity contribution in [1.82, 2.24) is 5.32 Å². The first kappa shape index (κ1) is 12.4. The maximum atomic E-state index is 13.6. The van der Waals surface area contributed by atoms with Crippen LogP contribution in [0.4, 0.5) is 14.5 Å². The Bertz CT molecular complexity index is 517.